The quantitative estimate of drug-likeness (QED) is 0.280. The molecule has 7 heteroatoms. The first-order valence-corrected chi connectivity index (χ1v) is 13.0. The Morgan fingerprint density at radius 3 is 2.39 bits per heavy atom. The molecule has 6 nitrogen and oxygen atoms in total. The molecule has 0 spiro atoms. The number of hydrogen-bond donors (Lipinski definition) is 0. The number of benzene rings is 2. The van der Waals surface area contributed by atoms with E-state index in [2.05, 4.69) is 81.8 Å². The van der Waals surface area contributed by atoms with Gasteiger partial charge >= 0.3 is 0 Å². The lowest BCUT2D eigenvalue weighted by Gasteiger charge is -2.38. The van der Waals surface area contributed by atoms with Crippen molar-refractivity contribution in [3.05, 3.63) is 48.0 Å². The van der Waals surface area contributed by atoms with Crippen molar-refractivity contribution in [1.29, 1.82) is 5.26 Å². The molecule has 0 bridgehead atoms. The topological polar surface area (TPSA) is 64.0 Å². The van der Waals surface area contributed by atoms with Crippen LogP contribution in [0.1, 0.15) is 59.1 Å². The molecule has 3 rings (SSSR count). The summed E-state index contributed by atoms with van der Waals surface area (Å²) < 4.78 is 27.7. The van der Waals surface area contributed by atoms with Crippen molar-refractivity contribution in [3.8, 4) is 6.07 Å². The van der Waals surface area contributed by atoms with Gasteiger partial charge < -0.3 is 18.5 Å². The Kier molecular flexibility index (Phi) is 9.64. The molecule has 1 unspecified atom stereocenters. The van der Waals surface area contributed by atoms with E-state index < -0.39 is 8.53 Å². The maximum absolute atomic E-state index is 9.01. The van der Waals surface area contributed by atoms with Crippen molar-refractivity contribution in [2.45, 2.75) is 84.0 Å². The molecule has 1 fully saturated rings. The Morgan fingerprint density at radius 1 is 1.06 bits per heavy atom. The first-order chi connectivity index (χ1) is 15.9. The zero-order valence-corrected chi connectivity index (χ0v) is 21.5. The molecule has 2 aromatic carbocycles. The summed E-state index contributed by atoms with van der Waals surface area (Å²) in [6.45, 7) is 11.0. The SMILES string of the molecule is CC[C@H]1O[C@@H](c2cccc3ccccc23)[C@H](OC)[C@@H]1OP(OCCC#N)N(C(C)C)C(C)C. The van der Waals surface area contributed by atoms with Crippen molar-refractivity contribution >= 4 is 19.3 Å². The molecule has 0 saturated carbocycles. The molecule has 0 radical (unpaired) electrons. The standard InChI is InChI=1S/C26H37N2O4P/c1-7-23-25(32-33(30-17-11-16-27)28(18(2)3)19(4)5)26(29-6)24(31-23)22-15-10-13-20-12-8-9-14-21(20)22/h8-10,12-15,18-19,23-26H,7,11,17H2,1-6H3/t23-,24+,25-,26+,33?/m1/s1. The first-order valence-electron chi connectivity index (χ1n) is 11.8. The molecule has 1 heterocycles. The van der Waals surface area contributed by atoms with E-state index in [4.69, 9.17) is 23.8 Å². The maximum atomic E-state index is 9.01. The number of ether oxygens (including phenoxy) is 2. The van der Waals surface area contributed by atoms with Crippen molar-refractivity contribution in [2.24, 2.45) is 0 Å². The number of nitrogens with zero attached hydrogens (tertiary/aromatic N) is 2. The summed E-state index contributed by atoms with van der Waals surface area (Å²) in [5, 5.41) is 11.4. The van der Waals surface area contributed by atoms with Gasteiger partial charge in [0.25, 0.3) is 8.53 Å². The van der Waals surface area contributed by atoms with Crippen LogP contribution < -0.4 is 0 Å². The van der Waals surface area contributed by atoms with Gasteiger partial charge in [-0.05, 0) is 50.5 Å². The second-order valence-electron chi connectivity index (χ2n) is 8.89. The highest BCUT2D eigenvalue weighted by atomic mass is 31.2. The van der Waals surface area contributed by atoms with E-state index in [0.29, 0.717) is 13.0 Å². The van der Waals surface area contributed by atoms with Crippen LogP contribution in [0, 0.1) is 11.3 Å². The third kappa shape index (κ3) is 5.92. The van der Waals surface area contributed by atoms with Crippen LogP contribution in [0.25, 0.3) is 10.8 Å². The van der Waals surface area contributed by atoms with E-state index in [1.807, 2.05) is 6.07 Å². The molecule has 0 aromatic heterocycles. The van der Waals surface area contributed by atoms with Crippen LogP contribution in [0.2, 0.25) is 0 Å². The van der Waals surface area contributed by atoms with Gasteiger partial charge in [-0.15, -0.1) is 0 Å². The van der Waals surface area contributed by atoms with Gasteiger partial charge in [-0.1, -0.05) is 49.4 Å². The Bertz CT molecular complexity index is 919. The number of fused-ring (bicyclic) bond motifs is 1. The average molecular weight is 473 g/mol. The Labute approximate surface area is 199 Å². The molecule has 0 aliphatic carbocycles. The minimum absolute atomic E-state index is 0.121. The third-order valence-corrected chi connectivity index (χ3v) is 8.12. The van der Waals surface area contributed by atoms with Gasteiger partial charge in [-0.25, -0.2) is 4.67 Å². The van der Waals surface area contributed by atoms with Gasteiger partial charge in [0.2, 0.25) is 0 Å². The van der Waals surface area contributed by atoms with Gasteiger partial charge in [0.1, 0.15) is 18.3 Å². The molecule has 1 saturated heterocycles. The molecule has 5 atom stereocenters. The summed E-state index contributed by atoms with van der Waals surface area (Å²) in [6, 6.07) is 17.3. The van der Waals surface area contributed by atoms with Crippen LogP contribution in [-0.4, -0.2) is 48.8 Å². The van der Waals surface area contributed by atoms with E-state index in [1.165, 1.54) is 10.8 Å². The van der Waals surface area contributed by atoms with Crippen molar-refractivity contribution in [1.82, 2.24) is 4.67 Å². The summed E-state index contributed by atoms with van der Waals surface area (Å²) in [6.07, 6.45) is 0.222. The molecule has 1 aliphatic heterocycles. The summed E-state index contributed by atoms with van der Waals surface area (Å²) in [4.78, 5) is 0. The largest absolute Gasteiger partial charge is 0.376 e. The van der Waals surface area contributed by atoms with E-state index in [1.54, 1.807) is 7.11 Å². The van der Waals surface area contributed by atoms with Crippen LogP contribution >= 0.6 is 8.53 Å². The summed E-state index contributed by atoms with van der Waals surface area (Å²) in [5.74, 6) is 0. The summed E-state index contributed by atoms with van der Waals surface area (Å²) in [7, 11) is 0.334. The van der Waals surface area contributed by atoms with Gasteiger partial charge in [0.05, 0.1) is 25.2 Å². The zero-order valence-electron chi connectivity index (χ0n) is 20.6. The molecule has 33 heavy (non-hydrogen) atoms. The minimum Gasteiger partial charge on any atom is -0.376 e. The highest BCUT2D eigenvalue weighted by Gasteiger charge is 2.48. The van der Waals surface area contributed by atoms with Gasteiger partial charge in [-0.3, -0.25) is 0 Å². The minimum atomic E-state index is -1.39. The monoisotopic (exact) mass is 472 g/mol. The van der Waals surface area contributed by atoms with E-state index in [0.717, 1.165) is 12.0 Å². The lowest BCUT2D eigenvalue weighted by molar-refractivity contribution is -0.0101. The van der Waals surface area contributed by atoms with E-state index >= 15 is 0 Å². The van der Waals surface area contributed by atoms with Crippen molar-refractivity contribution in [2.75, 3.05) is 13.7 Å². The lowest BCUT2D eigenvalue weighted by Crippen LogP contribution is -2.39. The molecular formula is C26H37N2O4P. The molecule has 1 aliphatic rings. The Hall–Kier alpha value is -1.58. The fraction of sp³-hybridized carbons (Fsp3) is 0.577. The fourth-order valence-electron chi connectivity index (χ4n) is 4.59. The predicted molar refractivity (Wildman–Crippen MR) is 133 cm³/mol. The van der Waals surface area contributed by atoms with Crippen LogP contribution in [0.3, 0.4) is 0 Å². The highest BCUT2D eigenvalue weighted by molar-refractivity contribution is 7.44. The van der Waals surface area contributed by atoms with Crippen LogP contribution in [0.4, 0.5) is 0 Å². The number of methoxy groups -OCH3 is 1. The maximum Gasteiger partial charge on any atom is 0.259 e. The highest BCUT2D eigenvalue weighted by Crippen LogP contribution is 2.51. The predicted octanol–water partition coefficient (Wildman–Crippen LogP) is 6.37. The Balaban J connectivity index is 1.93. The van der Waals surface area contributed by atoms with Gasteiger partial charge in [-0.2, -0.15) is 5.26 Å². The average Bonchev–Trinajstić information content (AvgIpc) is 3.15. The van der Waals surface area contributed by atoms with E-state index in [-0.39, 0.29) is 36.5 Å². The Morgan fingerprint density at radius 2 is 1.76 bits per heavy atom. The normalized spacial score (nSPS) is 24.1. The lowest BCUT2D eigenvalue weighted by atomic mass is 9.96. The smallest absolute Gasteiger partial charge is 0.259 e. The molecule has 180 valence electrons. The van der Waals surface area contributed by atoms with Gasteiger partial charge in [0, 0.05) is 19.2 Å². The van der Waals surface area contributed by atoms with E-state index in [9.17, 15) is 0 Å². The van der Waals surface area contributed by atoms with Crippen molar-refractivity contribution in [3.63, 3.8) is 0 Å². The van der Waals surface area contributed by atoms with Crippen LogP contribution in [0.15, 0.2) is 42.5 Å². The second kappa shape index (κ2) is 12.2. The summed E-state index contributed by atoms with van der Waals surface area (Å²) in [5.41, 5.74) is 1.11. The number of hydrogen-bond acceptors (Lipinski definition) is 6. The number of nitriles is 1. The number of rotatable bonds is 11. The molecule has 2 aromatic rings. The molecule has 0 N–H and O–H groups in total. The van der Waals surface area contributed by atoms with Gasteiger partial charge in [0.15, 0.2) is 0 Å². The second-order valence-corrected chi connectivity index (χ2v) is 10.3. The zero-order chi connectivity index (χ0) is 24.0. The van der Waals surface area contributed by atoms with Crippen molar-refractivity contribution < 1.29 is 18.5 Å². The first kappa shape index (κ1) is 26.0. The molecule has 0 amide bonds. The van der Waals surface area contributed by atoms with Crippen LogP contribution in [0.5, 0.6) is 0 Å². The molecular weight excluding hydrogens is 435 g/mol. The summed E-state index contributed by atoms with van der Waals surface area (Å²) >= 11 is 0. The third-order valence-electron chi connectivity index (χ3n) is 5.99. The fourth-order valence-corrected chi connectivity index (χ4v) is 6.36. The van der Waals surface area contributed by atoms with Crippen LogP contribution in [-0.2, 0) is 18.5 Å².